The number of anilines is 1. The third kappa shape index (κ3) is 4.68. The average molecular weight is 341 g/mol. The first-order valence-electron chi connectivity index (χ1n) is 8.55. The number of methoxy groups -OCH3 is 1. The lowest BCUT2D eigenvalue weighted by Gasteiger charge is -2.27. The molecule has 0 bridgehead atoms. The normalized spacial score (nSPS) is 20.0. The third-order valence-corrected chi connectivity index (χ3v) is 4.62. The van der Waals surface area contributed by atoms with Crippen LogP contribution in [0.5, 0.6) is 6.01 Å². The van der Waals surface area contributed by atoms with Crippen molar-refractivity contribution in [3.8, 4) is 17.1 Å². The van der Waals surface area contributed by atoms with Crippen molar-refractivity contribution in [1.82, 2.24) is 9.97 Å². The number of nitrogens with two attached hydrogens (primary N) is 1. The van der Waals surface area contributed by atoms with Gasteiger partial charge in [0.1, 0.15) is 6.10 Å². The molecule has 0 aliphatic heterocycles. The monoisotopic (exact) mass is 341 g/mol. The molecule has 1 aromatic heterocycles. The van der Waals surface area contributed by atoms with Gasteiger partial charge >= 0.3 is 12.0 Å². The van der Waals surface area contributed by atoms with Crippen LogP contribution in [-0.4, -0.2) is 29.2 Å². The molecule has 1 aromatic carbocycles. The lowest BCUT2D eigenvalue weighted by Crippen LogP contribution is -2.26. The number of carbonyl (C=O) groups excluding carboxylic acids is 1. The fourth-order valence-electron chi connectivity index (χ4n) is 3.12. The minimum atomic E-state index is -0.133. The number of nitrogens with zero attached hydrogens (tertiary/aromatic N) is 2. The van der Waals surface area contributed by atoms with Gasteiger partial charge in [0.2, 0.25) is 0 Å². The Kier molecular flexibility index (Phi) is 5.48. The SMILES string of the molecule is COC(=O)CC1CCC(Oc2ncc(-c3ccc(N)cc3)cn2)CC1. The van der Waals surface area contributed by atoms with Crippen LogP contribution in [0.25, 0.3) is 11.1 Å². The van der Waals surface area contributed by atoms with E-state index in [1.165, 1.54) is 7.11 Å². The molecule has 132 valence electrons. The second-order valence-corrected chi connectivity index (χ2v) is 6.42. The fraction of sp³-hybridized carbons (Fsp3) is 0.421. The van der Waals surface area contributed by atoms with Gasteiger partial charge in [-0.25, -0.2) is 9.97 Å². The minimum Gasteiger partial charge on any atom is -0.469 e. The van der Waals surface area contributed by atoms with Crippen LogP contribution in [0, 0.1) is 5.92 Å². The Bertz CT molecular complexity index is 693. The number of esters is 1. The molecule has 0 radical (unpaired) electrons. The second-order valence-electron chi connectivity index (χ2n) is 6.42. The van der Waals surface area contributed by atoms with Crippen molar-refractivity contribution in [2.45, 2.75) is 38.2 Å². The minimum absolute atomic E-state index is 0.108. The van der Waals surface area contributed by atoms with Crippen molar-refractivity contribution in [1.29, 1.82) is 0 Å². The molecule has 0 saturated heterocycles. The number of rotatable bonds is 5. The summed E-state index contributed by atoms with van der Waals surface area (Å²) in [6.07, 6.45) is 7.86. The van der Waals surface area contributed by atoms with Crippen LogP contribution >= 0.6 is 0 Å². The van der Waals surface area contributed by atoms with E-state index >= 15 is 0 Å². The van der Waals surface area contributed by atoms with Gasteiger partial charge in [0.15, 0.2) is 0 Å². The summed E-state index contributed by atoms with van der Waals surface area (Å²) in [7, 11) is 1.43. The van der Waals surface area contributed by atoms with Gasteiger partial charge in [-0.3, -0.25) is 4.79 Å². The highest BCUT2D eigenvalue weighted by molar-refractivity contribution is 5.69. The molecule has 2 N–H and O–H groups in total. The Morgan fingerprint density at radius 2 is 1.72 bits per heavy atom. The summed E-state index contributed by atoms with van der Waals surface area (Å²) < 4.78 is 10.6. The first-order valence-corrected chi connectivity index (χ1v) is 8.55. The van der Waals surface area contributed by atoms with Crippen LogP contribution in [-0.2, 0) is 9.53 Å². The lowest BCUT2D eigenvalue weighted by atomic mass is 9.85. The Morgan fingerprint density at radius 1 is 1.08 bits per heavy atom. The van der Waals surface area contributed by atoms with Crippen molar-refractivity contribution in [2.24, 2.45) is 5.92 Å². The van der Waals surface area contributed by atoms with Gasteiger partial charge in [0.05, 0.1) is 7.11 Å². The van der Waals surface area contributed by atoms with Crippen molar-refractivity contribution in [2.75, 3.05) is 12.8 Å². The zero-order valence-corrected chi connectivity index (χ0v) is 14.4. The van der Waals surface area contributed by atoms with Crippen LogP contribution in [0.4, 0.5) is 5.69 Å². The standard InChI is InChI=1S/C19H23N3O3/c1-24-18(23)10-13-2-8-17(9-3-13)25-19-21-11-15(12-22-19)14-4-6-16(20)7-5-14/h4-7,11-13,17H,2-3,8-10,20H2,1H3. The van der Waals surface area contributed by atoms with E-state index in [2.05, 4.69) is 9.97 Å². The van der Waals surface area contributed by atoms with Crippen LogP contribution in [0.15, 0.2) is 36.7 Å². The van der Waals surface area contributed by atoms with E-state index in [-0.39, 0.29) is 12.1 Å². The molecule has 1 fully saturated rings. The van der Waals surface area contributed by atoms with E-state index in [0.29, 0.717) is 18.3 Å². The molecule has 6 heteroatoms. The molecule has 1 aliphatic rings. The predicted octanol–water partition coefficient (Wildman–Crippen LogP) is 3.23. The quantitative estimate of drug-likeness (QED) is 0.663. The molecule has 25 heavy (non-hydrogen) atoms. The van der Waals surface area contributed by atoms with Gasteiger partial charge in [0, 0.05) is 30.1 Å². The molecule has 2 aromatic rings. The number of benzene rings is 1. The first-order chi connectivity index (χ1) is 12.1. The highest BCUT2D eigenvalue weighted by Gasteiger charge is 2.25. The molecule has 6 nitrogen and oxygen atoms in total. The summed E-state index contributed by atoms with van der Waals surface area (Å²) >= 11 is 0. The van der Waals surface area contributed by atoms with Crippen molar-refractivity contribution in [3.63, 3.8) is 0 Å². The van der Waals surface area contributed by atoms with E-state index in [0.717, 1.165) is 42.5 Å². The van der Waals surface area contributed by atoms with Gasteiger partial charge in [-0.2, -0.15) is 0 Å². The predicted molar refractivity (Wildman–Crippen MR) is 94.9 cm³/mol. The number of nitrogen functional groups attached to an aromatic ring is 1. The second kappa shape index (κ2) is 7.96. The molecule has 1 heterocycles. The van der Waals surface area contributed by atoms with Gasteiger partial charge in [0.25, 0.3) is 0 Å². The molecule has 1 saturated carbocycles. The zero-order chi connectivity index (χ0) is 17.6. The van der Waals surface area contributed by atoms with E-state index in [9.17, 15) is 4.79 Å². The topological polar surface area (TPSA) is 87.3 Å². The van der Waals surface area contributed by atoms with E-state index < -0.39 is 0 Å². The first kappa shape index (κ1) is 17.2. The Labute approximate surface area is 147 Å². The Morgan fingerprint density at radius 3 is 2.32 bits per heavy atom. The maximum atomic E-state index is 11.3. The fourth-order valence-corrected chi connectivity index (χ4v) is 3.12. The highest BCUT2D eigenvalue weighted by Crippen LogP contribution is 2.29. The van der Waals surface area contributed by atoms with Crippen LogP contribution < -0.4 is 10.5 Å². The van der Waals surface area contributed by atoms with E-state index in [4.69, 9.17) is 15.2 Å². The highest BCUT2D eigenvalue weighted by atomic mass is 16.5. The average Bonchev–Trinajstić information content (AvgIpc) is 2.64. The van der Waals surface area contributed by atoms with Crippen LogP contribution in [0.1, 0.15) is 32.1 Å². The molecule has 1 aliphatic carbocycles. The maximum Gasteiger partial charge on any atom is 0.316 e. The molecule has 3 rings (SSSR count). The van der Waals surface area contributed by atoms with E-state index in [1.54, 1.807) is 12.4 Å². The smallest absolute Gasteiger partial charge is 0.316 e. The summed E-state index contributed by atoms with van der Waals surface area (Å²) in [5.41, 5.74) is 8.37. The number of aromatic nitrogens is 2. The molecule has 0 atom stereocenters. The van der Waals surface area contributed by atoms with Gasteiger partial charge in [-0.1, -0.05) is 12.1 Å². The third-order valence-electron chi connectivity index (χ3n) is 4.62. The van der Waals surface area contributed by atoms with Gasteiger partial charge in [-0.05, 0) is 49.3 Å². The summed E-state index contributed by atoms with van der Waals surface area (Å²) in [6.45, 7) is 0. The van der Waals surface area contributed by atoms with Crippen LogP contribution in [0.3, 0.4) is 0 Å². The lowest BCUT2D eigenvalue weighted by molar-refractivity contribution is -0.142. The summed E-state index contributed by atoms with van der Waals surface area (Å²) in [4.78, 5) is 20.0. The Hall–Kier alpha value is -2.63. The maximum absolute atomic E-state index is 11.3. The number of hydrogen-bond acceptors (Lipinski definition) is 6. The summed E-state index contributed by atoms with van der Waals surface area (Å²) in [6, 6.07) is 7.99. The largest absolute Gasteiger partial charge is 0.469 e. The van der Waals surface area contributed by atoms with Crippen molar-refractivity contribution in [3.05, 3.63) is 36.7 Å². The number of hydrogen-bond donors (Lipinski definition) is 1. The van der Waals surface area contributed by atoms with Crippen LogP contribution in [0.2, 0.25) is 0 Å². The number of ether oxygens (including phenoxy) is 2. The molecular formula is C19H23N3O3. The van der Waals surface area contributed by atoms with Crippen molar-refractivity contribution < 1.29 is 14.3 Å². The van der Waals surface area contributed by atoms with E-state index in [1.807, 2.05) is 24.3 Å². The summed E-state index contributed by atoms with van der Waals surface area (Å²) in [5.74, 6) is 0.257. The van der Waals surface area contributed by atoms with Gasteiger partial charge in [-0.15, -0.1) is 0 Å². The molecule has 0 spiro atoms. The molecule has 0 unspecified atom stereocenters. The summed E-state index contributed by atoms with van der Waals surface area (Å²) in [5, 5.41) is 0. The molecular weight excluding hydrogens is 318 g/mol. The number of carbonyl (C=O) groups is 1. The van der Waals surface area contributed by atoms with Crippen molar-refractivity contribution >= 4 is 11.7 Å². The molecule has 0 amide bonds. The van der Waals surface area contributed by atoms with Gasteiger partial charge < -0.3 is 15.2 Å². The zero-order valence-electron chi connectivity index (χ0n) is 14.4. The Balaban J connectivity index is 1.52.